The molecule has 1 aromatic heterocycles. The highest BCUT2D eigenvalue weighted by Crippen LogP contribution is 2.28. The molecule has 2 saturated heterocycles. The second kappa shape index (κ2) is 11.2. The summed E-state index contributed by atoms with van der Waals surface area (Å²) in [4.78, 5) is 27.2. The van der Waals surface area contributed by atoms with Crippen molar-refractivity contribution < 1.29 is 14.3 Å². The lowest BCUT2D eigenvalue weighted by molar-refractivity contribution is -0.140. The monoisotopic (exact) mass is 488 g/mol. The predicted octanol–water partition coefficient (Wildman–Crippen LogP) is 4.76. The van der Waals surface area contributed by atoms with E-state index < -0.39 is 0 Å². The summed E-state index contributed by atoms with van der Waals surface area (Å²) in [7, 11) is 0. The largest absolute Gasteiger partial charge is 0.494 e. The molecule has 0 saturated carbocycles. The Bertz CT molecular complexity index is 1180. The first-order valence-corrected chi connectivity index (χ1v) is 13.2. The molecule has 2 aliphatic heterocycles. The van der Waals surface area contributed by atoms with Crippen LogP contribution in [0.15, 0.2) is 48.5 Å². The van der Waals surface area contributed by atoms with E-state index in [0.717, 1.165) is 73.6 Å². The lowest BCUT2D eigenvalue weighted by atomic mass is 9.94. The molecule has 190 valence electrons. The van der Waals surface area contributed by atoms with E-state index in [1.54, 1.807) is 0 Å². The lowest BCUT2D eigenvalue weighted by Crippen LogP contribution is -2.48. The van der Waals surface area contributed by atoms with E-state index in [1.165, 1.54) is 5.56 Å². The van der Waals surface area contributed by atoms with Crippen LogP contribution in [0.5, 0.6) is 5.75 Å². The number of rotatable bonds is 7. The van der Waals surface area contributed by atoms with Crippen LogP contribution < -0.4 is 9.64 Å². The molecule has 1 atom stereocenters. The number of nitrogens with zero attached hydrogens (tertiary/aromatic N) is 4. The molecule has 0 bridgehead atoms. The minimum Gasteiger partial charge on any atom is -0.494 e. The standard InChI is InChI=1S/C29H36N4O3/c1-3-35-24-11-12-27-26(18-24)21(2)30-29(31-27)32-16-13-23(14-17-32)28(34)33-15-7-10-25(19-33)36-20-22-8-5-4-6-9-22/h4-6,8-9,11-12,18,23,25H,3,7,10,13-17,19-20H2,1-2H3. The number of piperidine rings is 2. The zero-order valence-electron chi connectivity index (χ0n) is 21.4. The van der Waals surface area contributed by atoms with Gasteiger partial charge in [0.05, 0.1) is 30.5 Å². The third-order valence-corrected chi connectivity index (χ3v) is 7.30. The van der Waals surface area contributed by atoms with Gasteiger partial charge in [-0.1, -0.05) is 30.3 Å². The molecule has 2 aliphatic rings. The van der Waals surface area contributed by atoms with Crippen molar-refractivity contribution in [3.8, 4) is 5.75 Å². The van der Waals surface area contributed by atoms with Crippen LogP contribution in [0.25, 0.3) is 10.9 Å². The average molecular weight is 489 g/mol. The van der Waals surface area contributed by atoms with Gasteiger partial charge in [0.25, 0.3) is 0 Å². The Morgan fingerprint density at radius 2 is 1.83 bits per heavy atom. The number of fused-ring (bicyclic) bond motifs is 1. The molecule has 2 fully saturated rings. The van der Waals surface area contributed by atoms with Gasteiger partial charge in [0.15, 0.2) is 0 Å². The van der Waals surface area contributed by atoms with Crippen LogP contribution >= 0.6 is 0 Å². The van der Waals surface area contributed by atoms with Crippen LogP contribution in [0, 0.1) is 12.8 Å². The number of likely N-dealkylation sites (tertiary alicyclic amines) is 1. The fraction of sp³-hybridized carbons (Fsp3) is 0.483. The highest BCUT2D eigenvalue weighted by Gasteiger charge is 2.32. The van der Waals surface area contributed by atoms with Gasteiger partial charge in [0.2, 0.25) is 11.9 Å². The highest BCUT2D eigenvalue weighted by molar-refractivity contribution is 5.83. The van der Waals surface area contributed by atoms with Crippen LogP contribution in [-0.2, 0) is 16.1 Å². The normalized spacial score (nSPS) is 19.0. The Hall–Kier alpha value is -3.19. The summed E-state index contributed by atoms with van der Waals surface area (Å²) >= 11 is 0. The van der Waals surface area contributed by atoms with Gasteiger partial charge in [-0.2, -0.15) is 0 Å². The van der Waals surface area contributed by atoms with Crippen molar-refractivity contribution in [1.29, 1.82) is 0 Å². The van der Waals surface area contributed by atoms with Crippen molar-refractivity contribution in [2.45, 2.75) is 52.2 Å². The number of hydrogen-bond acceptors (Lipinski definition) is 6. The van der Waals surface area contributed by atoms with E-state index in [4.69, 9.17) is 19.4 Å². The Morgan fingerprint density at radius 3 is 2.61 bits per heavy atom. The van der Waals surface area contributed by atoms with Gasteiger partial charge in [0.1, 0.15) is 5.75 Å². The molecule has 2 aromatic carbocycles. The molecule has 3 heterocycles. The van der Waals surface area contributed by atoms with E-state index in [0.29, 0.717) is 19.8 Å². The number of hydrogen-bond donors (Lipinski definition) is 0. The maximum atomic E-state index is 13.3. The number of carbonyl (C=O) groups excluding carboxylic acids is 1. The summed E-state index contributed by atoms with van der Waals surface area (Å²) in [6.07, 6.45) is 3.78. The molecular weight excluding hydrogens is 452 g/mol. The van der Waals surface area contributed by atoms with Crippen LogP contribution in [0.3, 0.4) is 0 Å². The van der Waals surface area contributed by atoms with Crippen molar-refractivity contribution in [1.82, 2.24) is 14.9 Å². The molecule has 0 radical (unpaired) electrons. The topological polar surface area (TPSA) is 67.8 Å². The fourth-order valence-corrected chi connectivity index (χ4v) is 5.29. The highest BCUT2D eigenvalue weighted by atomic mass is 16.5. The summed E-state index contributed by atoms with van der Waals surface area (Å²) in [5.74, 6) is 1.93. The van der Waals surface area contributed by atoms with Gasteiger partial charge in [-0.3, -0.25) is 4.79 Å². The maximum absolute atomic E-state index is 13.3. The SMILES string of the molecule is CCOc1ccc2nc(N3CCC(C(=O)N4CCCC(OCc5ccccc5)C4)CC3)nc(C)c2c1. The number of aromatic nitrogens is 2. The van der Waals surface area contributed by atoms with Crippen molar-refractivity contribution >= 4 is 22.8 Å². The number of ether oxygens (including phenoxy) is 2. The summed E-state index contributed by atoms with van der Waals surface area (Å²) in [5.41, 5.74) is 3.05. The smallest absolute Gasteiger partial charge is 0.226 e. The van der Waals surface area contributed by atoms with E-state index in [9.17, 15) is 4.79 Å². The van der Waals surface area contributed by atoms with Crippen LogP contribution in [0.2, 0.25) is 0 Å². The Kier molecular flexibility index (Phi) is 7.66. The van der Waals surface area contributed by atoms with Gasteiger partial charge < -0.3 is 19.3 Å². The van der Waals surface area contributed by atoms with Crippen LogP contribution in [0.1, 0.15) is 43.9 Å². The van der Waals surface area contributed by atoms with E-state index in [1.807, 2.05) is 55.1 Å². The first-order valence-electron chi connectivity index (χ1n) is 13.2. The quantitative estimate of drug-likeness (QED) is 0.478. The molecule has 1 amide bonds. The molecular formula is C29H36N4O3. The molecule has 0 spiro atoms. The number of aryl methyl sites for hydroxylation is 1. The van der Waals surface area contributed by atoms with Crippen molar-refractivity contribution in [2.75, 3.05) is 37.7 Å². The van der Waals surface area contributed by atoms with E-state index in [2.05, 4.69) is 17.0 Å². The van der Waals surface area contributed by atoms with Gasteiger partial charge in [-0.25, -0.2) is 9.97 Å². The fourth-order valence-electron chi connectivity index (χ4n) is 5.29. The van der Waals surface area contributed by atoms with E-state index >= 15 is 0 Å². The lowest BCUT2D eigenvalue weighted by Gasteiger charge is -2.37. The Balaban J connectivity index is 1.16. The molecule has 1 unspecified atom stereocenters. The molecule has 0 aliphatic carbocycles. The Morgan fingerprint density at radius 1 is 1.03 bits per heavy atom. The third kappa shape index (κ3) is 5.62. The van der Waals surface area contributed by atoms with Gasteiger partial charge >= 0.3 is 0 Å². The summed E-state index contributed by atoms with van der Waals surface area (Å²) in [6.45, 7) is 8.35. The minimum atomic E-state index is 0.0597. The summed E-state index contributed by atoms with van der Waals surface area (Å²) in [5, 5.41) is 1.02. The molecule has 0 N–H and O–H groups in total. The molecule has 7 heteroatoms. The van der Waals surface area contributed by atoms with Crippen molar-refractivity contribution in [3.05, 3.63) is 59.8 Å². The van der Waals surface area contributed by atoms with E-state index in [-0.39, 0.29) is 17.9 Å². The minimum absolute atomic E-state index is 0.0597. The first kappa shape index (κ1) is 24.5. The van der Waals surface area contributed by atoms with Crippen molar-refractivity contribution in [2.24, 2.45) is 5.92 Å². The van der Waals surface area contributed by atoms with Gasteiger partial charge in [0, 0.05) is 37.5 Å². The number of carbonyl (C=O) groups is 1. The molecule has 5 rings (SSSR count). The molecule has 7 nitrogen and oxygen atoms in total. The maximum Gasteiger partial charge on any atom is 0.226 e. The first-order chi connectivity index (χ1) is 17.6. The number of anilines is 1. The average Bonchev–Trinajstić information content (AvgIpc) is 2.93. The van der Waals surface area contributed by atoms with Gasteiger partial charge in [-0.15, -0.1) is 0 Å². The molecule has 36 heavy (non-hydrogen) atoms. The second-order valence-electron chi connectivity index (χ2n) is 9.83. The van der Waals surface area contributed by atoms with Gasteiger partial charge in [-0.05, 0) is 63.3 Å². The van der Waals surface area contributed by atoms with Crippen LogP contribution in [0.4, 0.5) is 5.95 Å². The van der Waals surface area contributed by atoms with Crippen molar-refractivity contribution in [3.63, 3.8) is 0 Å². The zero-order valence-corrected chi connectivity index (χ0v) is 21.4. The number of amides is 1. The zero-order chi connectivity index (χ0) is 24.9. The Labute approximate surface area is 213 Å². The summed E-state index contributed by atoms with van der Waals surface area (Å²) in [6, 6.07) is 16.2. The number of benzene rings is 2. The predicted molar refractivity (Wildman–Crippen MR) is 141 cm³/mol. The third-order valence-electron chi connectivity index (χ3n) is 7.30. The summed E-state index contributed by atoms with van der Waals surface area (Å²) < 4.78 is 11.8. The van der Waals surface area contributed by atoms with Crippen LogP contribution in [-0.4, -0.2) is 59.7 Å². The molecule has 3 aromatic rings. The second-order valence-corrected chi connectivity index (χ2v) is 9.83.